The predicted octanol–water partition coefficient (Wildman–Crippen LogP) is 2.83. The van der Waals surface area contributed by atoms with Crippen LogP contribution in [0.15, 0.2) is 24.3 Å². The van der Waals surface area contributed by atoms with E-state index in [1.165, 1.54) is 12.1 Å². The normalized spacial score (nSPS) is 10.6. The van der Waals surface area contributed by atoms with Crippen LogP contribution in [0.25, 0.3) is 0 Å². The van der Waals surface area contributed by atoms with Gasteiger partial charge < -0.3 is 14.6 Å². The van der Waals surface area contributed by atoms with Crippen LogP contribution in [-0.4, -0.2) is 30.9 Å². The zero-order valence-corrected chi connectivity index (χ0v) is 10.9. The summed E-state index contributed by atoms with van der Waals surface area (Å²) in [6, 6.07) is 6.35. The molecule has 0 heterocycles. The summed E-state index contributed by atoms with van der Waals surface area (Å²) in [5, 5.41) is 8.73. The summed E-state index contributed by atoms with van der Waals surface area (Å²) in [5.74, 6) is 0.375. The molecule has 0 aliphatic rings. The average Bonchev–Trinajstić information content (AvgIpc) is 2.34. The molecule has 100 valence electrons. The van der Waals surface area contributed by atoms with Crippen molar-refractivity contribution in [2.24, 2.45) is 5.92 Å². The second-order valence-corrected chi connectivity index (χ2v) is 4.47. The second kappa shape index (κ2) is 7.71. The van der Waals surface area contributed by atoms with Gasteiger partial charge in [0.25, 0.3) is 0 Å². The lowest BCUT2D eigenvalue weighted by Crippen LogP contribution is -2.08. The SMILES string of the molecule is CC(C)CCOCCOc1ccc(C(=O)O)cc1. The third-order valence-electron chi connectivity index (χ3n) is 2.44. The molecular formula is C14H20O4. The molecule has 0 aliphatic heterocycles. The zero-order chi connectivity index (χ0) is 13.4. The molecule has 0 aromatic heterocycles. The van der Waals surface area contributed by atoms with Crippen molar-refractivity contribution in [3.63, 3.8) is 0 Å². The molecule has 1 aromatic carbocycles. The van der Waals surface area contributed by atoms with Gasteiger partial charge in [-0.2, -0.15) is 0 Å². The van der Waals surface area contributed by atoms with Crippen LogP contribution in [0.2, 0.25) is 0 Å². The first-order valence-electron chi connectivity index (χ1n) is 6.13. The van der Waals surface area contributed by atoms with E-state index in [1.807, 2.05) is 0 Å². The quantitative estimate of drug-likeness (QED) is 0.723. The molecule has 0 bridgehead atoms. The van der Waals surface area contributed by atoms with Crippen molar-refractivity contribution in [1.29, 1.82) is 0 Å². The molecule has 1 N–H and O–H groups in total. The Morgan fingerprint density at radius 1 is 1.17 bits per heavy atom. The van der Waals surface area contributed by atoms with Crippen molar-refractivity contribution in [2.45, 2.75) is 20.3 Å². The number of aromatic carboxylic acids is 1. The fraction of sp³-hybridized carbons (Fsp3) is 0.500. The van der Waals surface area contributed by atoms with E-state index in [2.05, 4.69) is 13.8 Å². The number of carbonyl (C=O) groups is 1. The van der Waals surface area contributed by atoms with Gasteiger partial charge >= 0.3 is 5.97 Å². The van der Waals surface area contributed by atoms with Crippen LogP contribution in [0.1, 0.15) is 30.6 Å². The first-order chi connectivity index (χ1) is 8.59. The Bertz CT molecular complexity index is 357. The van der Waals surface area contributed by atoms with Gasteiger partial charge in [-0.1, -0.05) is 13.8 Å². The molecule has 0 radical (unpaired) electrons. The van der Waals surface area contributed by atoms with Crippen molar-refractivity contribution >= 4 is 5.97 Å². The Morgan fingerprint density at radius 3 is 2.39 bits per heavy atom. The summed E-state index contributed by atoms with van der Waals surface area (Å²) in [6.45, 7) is 6.09. The number of benzene rings is 1. The van der Waals surface area contributed by atoms with E-state index >= 15 is 0 Å². The maximum atomic E-state index is 10.6. The Balaban J connectivity index is 2.17. The van der Waals surface area contributed by atoms with Gasteiger partial charge in [0.15, 0.2) is 0 Å². The van der Waals surface area contributed by atoms with Crippen molar-refractivity contribution < 1.29 is 19.4 Å². The first-order valence-corrected chi connectivity index (χ1v) is 6.13. The van der Waals surface area contributed by atoms with E-state index in [1.54, 1.807) is 12.1 Å². The molecule has 0 atom stereocenters. The van der Waals surface area contributed by atoms with E-state index in [4.69, 9.17) is 14.6 Å². The monoisotopic (exact) mass is 252 g/mol. The van der Waals surface area contributed by atoms with E-state index in [9.17, 15) is 4.79 Å². The van der Waals surface area contributed by atoms with Crippen LogP contribution in [0.5, 0.6) is 5.75 Å². The van der Waals surface area contributed by atoms with Crippen LogP contribution in [-0.2, 0) is 4.74 Å². The third kappa shape index (κ3) is 5.68. The fourth-order valence-electron chi connectivity index (χ4n) is 1.33. The molecule has 1 rings (SSSR count). The van der Waals surface area contributed by atoms with Crippen LogP contribution >= 0.6 is 0 Å². The molecule has 0 saturated heterocycles. The standard InChI is InChI=1S/C14H20O4/c1-11(2)7-8-17-9-10-18-13-5-3-12(4-6-13)14(15)16/h3-6,11H,7-10H2,1-2H3,(H,15,16). The van der Waals surface area contributed by atoms with Gasteiger partial charge in [0, 0.05) is 6.61 Å². The van der Waals surface area contributed by atoms with E-state index in [-0.39, 0.29) is 5.56 Å². The number of carboxylic acids is 1. The van der Waals surface area contributed by atoms with Crippen LogP contribution in [0.3, 0.4) is 0 Å². The number of rotatable bonds is 8. The Kier molecular flexibility index (Phi) is 6.22. The van der Waals surface area contributed by atoms with Crippen LogP contribution in [0.4, 0.5) is 0 Å². The molecule has 1 aromatic rings. The molecule has 0 spiro atoms. The highest BCUT2D eigenvalue weighted by Gasteiger charge is 2.01. The average molecular weight is 252 g/mol. The summed E-state index contributed by atoms with van der Waals surface area (Å²) in [5.41, 5.74) is 0.260. The molecule has 18 heavy (non-hydrogen) atoms. The van der Waals surface area contributed by atoms with Crippen LogP contribution < -0.4 is 4.74 Å². The Hall–Kier alpha value is -1.55. The van der Waals surface area contributed by atoms with Gasteiger partial charge in [0.05, 0.1) is 12.2 Å². The highest BCUT2D eigenvalue weighted by Crippen LogP contribution is 2.12. The first kappa shape index (κ1) is 14.5. The summed E-state index contributed by atoms with van der Waals surface area (Å²) in [4.78, 5) is 10.6. The lowest BCUT2D eigenvalue weighted by Gasteiger charge is -2.08. The predicted molar refractivity (Wildman–Crippen MR) is 69.2 cm³/mol. The highest BCUT2D eigenvalue weighted by molar-refractivity contribution is 5.87. The van der Waals surface area contributed by atoms with Gasteiger partial charge in [0.2, 0.25) is 0 Å². The molecule has 0 fully saturated rings. The number of hydrogen-bond acceptors (Lipinski definition) is 3. The smallest absolute Gasteiger partial charge is 0.335 e. The number of hydrogen-bond donors (Lipinski definition) is 1. The van der Waals surface area contributed by atoms with Gasteiger partial charge in [-0.3, -0.25) is 0 Å². The minimum absolute atomic E-state index is 0.260. The van der Waals surface area contributed by atoms with Gasteiger partial charge in [-0.25, -0.2) is 4.79 Å². The van der Waals surface area contributed by atoms with Gasteiger partial charge in [-0.15, -0.1) is 0 Å². The topological polar surface area (TPSA) is 55.8 Å². The Morgan fingerprint density at radius 2 is 1.83 bits per heavy atom. The summed E-state index contributed by atoms with van der Waals surface area (Å²) in [7, 11) is 0. The van der Waals surface area contributed by atoms with E-state index in [0.29, 0.717) is 24.9 Å². The van der Waals surface area contributed by atoms with Crippen molar-refractivity contribution in [3.05, 3.63) is 29.8 Å². The fourth-order valence-corrected chi connectivity index (χ4v) is 1.33. The van der Waals surface area contributed by atoms with Crippen LogP contribution in [0, 0.1) is 5.92 Å². The largest absolute Gasteiger partial charge is 0.491 e. The van der Waals surface area contributed by atoms with Crippen molar-refractivity contribution in [2.75, 3.05) is 19.8 Å². The molecule has 4 nitrogen and oxygen atoms in total. The lowest BCUT2D eigenvalue weighted by atomic mass is 10.1. The number of carboxylic acid groups (broad SMARTS) is 1. The third-order valence-corrected chi connectivity index (χ3v) is 2.44. The molecule has 0 saturated carbocycles. The zero-order valence-electron chi connectivity index (χ0n) is 10.9. The minimum atomic E-state index is -0.932. The summed E-state index contributed by atoms with van der Waals surface area (Å²) in [6.07, 6.45) is 1.05. The summed E-state index contributed by atoms with van der Waals surface area (Å²) < 4.78 is 10.8. The molecule has 0 amide bonds. The number of ether oxygens (including phenoxy) is 2. The molecular weight excluding hydrogens is 232 g/mol. The molecule has 4 heteroatoms. The van der Waals surface area contributed by atoms with Crippen molar-refractivity contribution in [1.82, 2.24) is 0 Å². The highest BCUT2D eigenvalue weighted by atomic mass is 16.5. The minimum Gasteiger partial charge on any atom is -0.491 e. The van der Waals surface area contributed by atoms with Crippen molar-refractivity contribution in [3.8, 4) is 5.75 Å². The van der Waals surface area contributed by atoms with Gasteiger partial charge in [-0.05, 0) is 36.6 Å². The van der Waals surface area contributed by atoms with E-state index < -0.39 is 5.97 Å². The lowest BCUT2D eigenvalue weighted by molar-refractivity contribution is 0.0696. The van der Waals surface area contributed by atoms with E-state index in [0.717, 1.165) is 13.0 Å². The maximum absolute atomic E-state index is 10.6. The van der Waals surface area contributed by atoms with Gasteiger partial charge in [0.1, 0.15) is 12.4 Å². The Labute approximate surface area is 108 Å². The second-order valence-electron chi connectivity index (χ2n) is 4.47. The maximum Gasteiger partial charge on any atom is 0.335 e. The summed E-state index contributed by atoms with van der Waals surface area (Å²) >= 11 is 0. The molecule has 0 aliphatic carbocycles. The molecule has 0 unspecified atom stereocenters.